The third-order valence-electron chi connectivity index (χ3n) is 4.69. The number of rotatable bonds is 8. The lowest BCUT2D eigenvalue weighted by Crippen LogP contribution is -2.16. The van der Waals surface area contributed by atoms with Crippen molar-refractivity contribution in [1.29, 1.82) is 0 Å². The Bertz CT molecular complexity index is 1280. The van der Waals surface area contributed by atoms with Gasteiger partial charge < -0.3 is 13.9 Å². The molecule has 0 aliphatic carbocycles. The Hall–Kier alpha value is -3.48. The summed E-state index contributed by atoms with van der Waals surface area (Å²) in [6.45, 7) is 2.52. The second kappa shape index (κ2) is 10.4. The summed E-state index contributed by atoms with van der Waals surface area (Å²) in [5.74, 6) is 0.576. The van der Waals surface area contributed by atoms with E-state index in [9.17, 15) is 4.79 Å². The fourth-order valence-corrected chi connectivity index (χ4v) is 3.61. The third-order valence-corrected chi connectivity index (χ3v) is 5.34. The van der Waals surface area contributed by atoms with Crippen LogP contribution in [0.5, 0.6) is 11.5 Å². The zero-order chi connectivity index (χ0) is 23.2. The first kappa shape index (κ1) is 22.7. The van der Waals surface area contributed by atoms with E-state index in [2.05, 4.69) is 10.5 Å². The predicted octanol–water partition coefficient (Wildman–Crippen LogP) is 6.48. The van der Waals surface area contributed by atoms with E-state index in [1.54, 1.807) is 30.3 Å². The molecule has 0 radical (unpaired) electrons. The van der Waals surface area contributed by atoms with Crippen LogP contribution in [0.3, 0.4) is 0 Å². The number of hydrogen-bond acceptors (Lipinski definition) is 5. The Morgan fingerprint density at radius 1 is 1.03 bits per heavy atom. The van der Waals surface area contributed by atoms with E-state index in [1.807, 2.05) is 43.3 Å². The van der Waals surface area contributed by atoms with Crippen LogP contribution in [0.15, 0.2) is 76.2 Å². The molecule has 1 amide bonds. The van der Waals surface area contributed by atoms with Crippen molar-refractivity contribution in [3.05, 3.63) is 93.7 Å². The van der Waals surface area contributed by atoms with Gasteiger partial charge in [-0.15, -0.1) is 0 Å². The minimum atomic E-state index is -0.460. The van der Waals surface area contributed by atoms with Crippen molar-refractivity contribution in [3.63, 3.8) is 0 Å². The molecule has 1 heterocycles. The number of hydrazone groups is 1. The largest absolute Gasteiger partial charge is 0.490 e. The fraction of sp³-hybridized carbons (Fsp3) is 0.120. The van der Waals surface area contributed by atoms with Crippen molar-refractivity contribution in [2.24, 2.45) is 5.10 Å². The molecular weight excluding hydrogens is 463 g/mol. The normalized spacial score (nSPS) is 11.1. The van der Waals surface area contributed by atoms with Gasteiger partial charge >= 0.3 is 5.91 Å². The number of carbonyl (C=O) groups is 1. The van der Waals surface area contributed by atoms with Crippen molar-refractivity contribution >= 4 is 46.3 Å². The van der Waals surface area contributed by atoms with Crippen LogP contribution in [0, 0.1) is 0 Å². The van der Waals surface area contributed by atoms with E-state index >= 15 is 0 Å². The smallest absolute Gasteiger partial charge is 0.307 e. The molecule has 0 unspecified atom stereocenters. The van der Waals surface area contributed by atoms with Gasteiger partial charge in [-0.3, -0.25) is 4.79 Å². The van der Waals surface area contributed by atoms with Crippen LogP contribution in [0.25, 0.3) is 11.0 Å². The van der Waals surface area contributed by atoms with Crippen molar-refractivity contribution in [2.75, 3.05) is 6.61 Å². The second-order valence-electron chi connectivity index (χ2n) is 6.99. The summed E-state index contributed by atoms with van der Waals surface area (Å²) in [6.07, 6.45) is 1.47. The fourth-order valence-electron chi connectivity index (χ4n) is 3.15. The summed E-state index contributed by atoms with van der Waals surface area (Å²) < 4.78 is 17.1. The summed E-state index contributed by atoms with van der Waals surface area (Å²) in [5.41, 5.74) is 4.54. The van der Waals surface area contributed by atoms with Crippen molar-refractivity contribution in [1.82, 2.24) is 5.43 Å². The van der Waals surface area contributed by atoms with Crippen LogP contribution in [0.1, 0.15) is 28.6 Å². The molecule has 0 atom stereocenters. The number of furan rings is 1. The maximum Gasteiger partial charge on any atom is 0.307 e. The van der Waals surface area contributed by atoms with E-state index in [1.165, 1.54) is 6.21 Å². The molecule has 0 aliphatic rings. The molecule has 0 spiro atoms. The molecule has 1 N–H and O–H groups in total. The van der Waals surface area contributed by atoms with Gasteiger partial charge in [0.1, 0.15) is 12.2 Å². The highest BCUT2D eigenvalue weighted by molar-refractivity contribution is 6.32. The second-order valence-corrected chi connectivity index (χ2v) is 7.81. The van der Waals surface area contributed by atoms with Gasteiger partial charge in [-0.05, 0) is 42.8 Å². The van der Waals surface area contributed by atoms with E-state index in [0.29, 0.717) is 39.3 Å². The maximum atomic E-state index is 12.3. The van der Waals surface area contributed by atoms with E-state index < -0.39 is 5.91 Å². The van der Waals surface area contributed by atoms with Gasteiger partial charge in [0.15, 0.2) is 17.3 Å². The molecule has 4 rings (SSSR count). The molecular formula is C25H20Cl2N2O4. The average molecular weight is 483 g/mol. The molecule has 1 aromatic heterocycles. The zero-order valence-electron chi connectivity index (χ0n) is 17.7. The summed E-state index contributed by atoms with van der Waals surface area (Å²) in [7, 11) is 0. The topological polar surface area (TPSA) is 73.1 Å². The highest BCUT2D eigenvalue weighted by Crippen LogP contribution is 2.37. The van der Waals surface area contributed by atoms with Crippen molar-refractivity contribution in [3.8, 4) is 11.5 Å². The van der Waals surface area contributed by atoms with E-state index in [0.717, 1.165) is 10.9 Å². The molecule has 0 bridgehead atoms. The molecule has 4 aromatic rings. The Kier molecular flexibility index (Phi) is 7.17. The first-order chi connectivity index (χ1) is 16.0. The third kappa shape index (κ3) is 5.48. The van der Waals surface area contributed by atoms with Gasteiger partial charge in [-0.1, -0.05) is 59.6 Å². The number of halogens is 2. The van der Waals surface area contributed by atoms with Gasteiger partial charge in [0, 0.05) is 16.0 Å². The molecule has 0 aliphatic heterocycles. The van der Waals surface area contributed by atoms with E-state index in [4.69, 9.17) is 37.1 Å². The van der Waals surface area contributed by atoms with E-state index in [-0.39, 0.29) is 12.4 Å². The minimum absolute atomic E-state index is 0.171. The number of nitrogens with one attached hydrogen (secondary N) is 1. The molecule has 0 saturated heterocycles. The Balaban J connectivity index is 1.47. The number of nitrogens with zero attached hydrogens (tertiary/aromatic N) is 1. The number of benzene rings is 3. The number of fused-ring (bicyclic) bond motifs is 1. The number of para-hydroxylation sites is 1. The van der Waals surface area contributed by atoms with Crippen LogP contribution < -0.4 is 14.9 Å². The van der Waals surface area contributed by atoms with Gasteiger partial charge in [-0.25, -0.2) is 5.43 Å². The molecule has 6 nitrogen and oxygen atoms in total. The lowest BCUT2D eigenvalue weighted by Gasteiger charge is -2.15. The van der Waals surface area contributed by atoms with Crippen molar-refractivity contribution < 1.29 is 18.7 Å². The minimum Gasteiger partial charge on any atom is -0.490 e. The Labute approximate surface area is 200 Å². The lowest BCUT2D eigenvalue weighted by molar-refractivity contribution is 0.0929. The first-order valence-corrected chi connectivity index (χ1v) is 10.9. The maximum absolute atomic E-state index is 12.3. The monoisotopic (exact) mass is 482 g/mol. The standard InChI is InChI=1S/C25H20Cl2N2O4/c1-2-31-22-12-16(11-20(27)24(22)32-15-18-8-3-5-9-19(18)26)14-28-29-25(30)23-13-17-7-4-6-10-21(17)33-23/h3-14H,2,15H2,1H3,(H,29,30)/b28-14+. The molecule has 168 valence electrons. The SMILES string of the molecule is CCOc1cc(/C=N/NC(=O)c2cc3ccccc3o2)cc(Cl)c1OCc1ccccc1Cl. The highest BCUT2D eigenvalue weighted by Gasteiger charge is 2.14. The molecule has 3 aromatic carbocycles. The molecule has 0 saturated carbocycles. The Morgan fingerprint density at radius 2 is 1.82 bits per heavy atom. The highest BCUT2D eigenvalue weighted by atomic mass is 35.5. The van der Waals surface area contributed by atoms with Crippen LogP contribution in [-0.2, 0) is 6.61 Å². The number of carbonyl (C=O) groups excluding carboxylic acids is 1. The first-order valence-electron chi connectivity index (χ1n) is 10.2. The van der Waals surface area contributed by atoms with Crippen LogP contribution >= 0.6 is 23.2 Å². The van der Waals surface area contributed by atoms with Gasteiger partial charge in [-0.2, -0.15) is 5.10 Å². The van der Waals surface area contributed by atoms with Gasteiger partial charge in [0.2, 0.25) is 0 Å². The summed E-state index contributed by atoms with van der Waals surface area (Å²) in [5, 5.41) is 5.80. The summed E-state index contributed by atoms with van der Waals surface area (Å²) in [6, 6.07) is 19.8. The average Bonchev–Trinajstić information content (AvgIpc) is 3.24. The van der Waals surface area contributed by atoms with Crippen LogP contribution in [-0.4, -0.2) is 18.7 Å². The van der Waals surface area contributed by atoms with Crippen LogP contribution in [0.2, 0.25) is 10.0 Å². The molecule has 8 heteroatoms. The zero-order valence-corrected chi connectivity index (χ0v) is 19.2. The number of ether oxygens (including phenoxy) is 2. The summed E-state index contributed by atoms with van der Waals surface area (Å²) >= 11 is 12.7. The Morgan fingerprint density at radius 3 is 2.61 bits per heavy atom. The van der Waals surface area contributed by atoms with Crippen molar-refractivity contribution in [2.45, 2.75) is 13.5 Å². The van der Waals surface area contributed by atoms with Gasteiger partial charge in [0.25, 0.3) is 0 Å². The summed E-state index contributed by atoms with van der Waals surface area (Å²) in [4.78, 5) is 12.3. The van der Waals surface area contributed by atoms with Gasteiger partial charge in [0.05, 0.1) is 17.8 Å². The molecule has 0 fully saturated rings. The predicted molar refractivity (Wildman–Crippen MR) is 130 cm³/mol. The quantitative estimate of drug-likeness (QED) is 0.230. The number of amides is 1. The molecule has 33 heavy (non-hydrogen) atoms. The lowest BCUT2D eigenvalue weighted by atomic mass is 10.2. The van der Waals surface area contributed by atoms with Crippen LogP contribution in [0.4, 0.5) is 0 Å². The number of hydrogen-bond donors (Lipinski definition) is 1.